The predicted molar refractivity (Wildman–Crippen MR) is 96.2 cm³/mol. The summed E-state index contributed by atoms with van der Waals surface area (Å²) in [5, 5.41) is 19.8. The van der Waals surface area contributed by atoms with E-state index in [-0.39, 0.29) is 12.6 Å². The molecular weight excluding hydrogens is 318 g/mol. The second-order valence-electron chi connectivity index (χ2n) is 6.18. The topological polar surface area (TPSA) is 91.5 Å². The van der Waals surface area contributed by atoms with Crippen LogP contribution in [-0.2, 0) is 6.61 Å². The van der Waals surface area contributed by atoms with Crippen LogP contribution in [0.3, 0.4) is 0 Å². The predicted octanol–water partition coefficient (Wildman–Crippen LogP) is 2.67. The van der Waals surface area contributed by atoms with Crippen LogP contribution < -0.4 is 10.6 Å². The van der Waals surface area contributed by atoms with Gasteiger partial charge in [0, 0.05) is 24.5 Å². The van der Waals surface area contributed by atoms with Crippen molar-refractivity contribution in [2.75, 3.05) is 11.9 Å². The van der Waals surface area contributed by atoms with Crippen molar-refractivity contribution in [3.05, 3.63) is 48.3 Å². The average Bonchev–Trinajstić information content (AvgIpc) is 3.08. The van der Waals surface area contributed by atoms with Gasteiger partial charge in [-0.3, -0.25) is 0 Å². The molecule has 2 aromatic heterocycles. The van der Waals surface area contributed by atoms with Crippen molar-refractivity contribution in [1.29, 1.82) is 0 Å². The third-order valence-electron chi connectivity index (χ3n) is 3.74. The first-order valence-electron chi connectivity index (χ1n) is 8.17. The summed E-state index contributed by atoms with van der Waals surface area (Å²) >= 11 is 0. The Hall–Kier alpha value is -2.93. The highest BCUT2D eigenvalue weighted by Gasteiger charge is 2.13. The van der Waals surface area contributed by atoms with E-state index in [1.54, 1.807) is 23.0 Å². The van der Waals surface area contributed by atoms with Gasteiger partial charge >= 0.3 is 6.03 Å². The fourth-order valence-corrected chi connectivity index (χ4v) is 2.51. The molecule has 1 aromatic carbocycles. The molecule has 0 spiro atoms. The maximum Gasteiger partial charge on any atom is 0.319 e. The fourth-order valence-electron chi connectivity index (χ4n) is 2.51. The molecule has 2 heterocycles. The van der Waals surface area contributed by atoms with Crippen molar-refractivity contribution in [2.24, 2.45) is 5.92 Å². The van der Waals surface area contributed by atoms with Crippen molar-refractivity contribution in [1.82, 2.24) is 19.9 Å². The van der Waals surface area contributed by atoms with Crippen LogP contribution in [0.4, 0.5) is 10.5 Å². The molecule has 0 aliphatic heterocycles. The molecule has 0 fully saturated rings. The molecule has 0 aliphatic rings. The van der Waals surface area contributed by atoms with Crippen LogP contribution in [0.5, 0.6) is 0 Å². The van der Waals surface area contributed by atoms with Gasteiger partial charge < -0.3 is 15.7 Å². The van der Waals surface area contributed by atoms with E-state index >= 15 is 0 Å². The van der Waals surface area contributed by atoms with E-state index in [1.165, 1.54) is 0 Å². The summed E-state index contributed by atoms with van der Waals surface area (Å²) < 4.78 is 1.61. The van der Waals surface area contributed by atoms with Gasteiger partial charge in [-0.15, -0.1) is 0 Å². The smallest absolute Gasteiger partial charge is 0.319 e. The number of amides is 2. The van der Waals surface area contributed by atoms with Crippen LogP contribution in [0.25, 0.3) is 16.9 Å². The van der Waals surface area contributed by atoms with Gasteiger partial charge in [-0.2, -0.15) is 5.10 Å². The first-order valence-corrected chi connectivity index (χ1v) is 8.17. The third-order valence-corrected chi connectivity index (χ3v) is 3.74. The SMILES string of the molecule is CC(C)CNC(=O)Nc1cc(-c2ccccc2CO)nn2ccnc12. The molecule has 130 valence electrons. The van der Waals surface area contributed by atoms with Gasteiger partial charge in [0.25, 0.3) is 0 Å². The Bertz CT molecular complexity index is 888. The van der Waals surface area contributed by atoms with Gasteiger partial charge in [0.05, 0.1) is 18.0 Å². The van der Waals surface area contributed by atoms with E-state index in [0.717, 1.165) is 11.1 Å². The molecule has 7 nitrogen and oxygen atoms in total. The standard InChI is InChI=1S/C18H21N5O2/c1-12(2)10-20-18(25)21-16-9-15(22-23-8-7-19-17(16)23)14-6-4-3-5-13(14)11-24/h3-9,12,24H,10-11H2,1-2H3,(H2,20,21,25). The molecule has 7 heteroatoms. The van der Waals surface area contributed by atoms with Gasteiger partial charge in [-0.1, -0.05) is 38.1 Å². The first-order chi connectivity index (χ1) is 12.1. The highest BCUT2D eigenvalue weighted by Crippen LogP contribution is 2.26. The Morgan fingerprint density at radius 2 is 2.12 bits per heavy atom. The van der Waals surface area contributed by atoms with Crippen LogP contribution in [0, 0.1) is 5.92 Å². The van der Waals surface area contributed by atoms with Gasteiger partial charge in [0.15, 0.2) is 5.65 Å². The van der Waals surface area contributed by atoms with Gasteiger partial charge in [-0.05, 0) is 17.5 Å². The number of benzene rings is 1. The molecule has 0 aliphatic carbocycles. The summed E-state index contributed by atoms with van der Waals surface area (Å²) in [7, 11) is 0. The molecule has 0 atom stereocenters. The summed E-state index contributed by atoms with van der Waals surface area (Å²) in [5.74, 6) is 0.363. The van der Waals surface area contributed by atoms with E-state index in [0.29, 0.717) is 29.5 Å². The minimum absolute atomic E-state index is 0.0859. The number of aliphatic hydroxyl groups is 1. The van der Waals surface area contributed by atoms with Crippen molar-refractivity contribution in [3.8, 4) is 11.3 Å². The van der Waals surface area contributed by atoms with E-state index in [9.17, 15) is 9.90 Å². The molecular formula is C18H21N5O2. The molecule has 2 amide bonds. The van der Waals surface area contributed by atoms with E-state index in [4.69, 9.17) is 0 Å². The number of rotatable bonds is 5. The van der Waals surface area contributed by atoms with Crippen LogP contribution in [0.15, 0.2) is 42.7 Å². The van der Waals surface area contributed by atoms with E-state index < -0.39 is 0 Å². The summed E-state index contributed by atoms with van der Waals surface area (Å²) in [4.78, 5) is 16.4. The van der Waals surface area contributed by atoms with Crippen molar-refractivity contribution in [2.45, 2.75) is 20.5 Å². The number of anilines is 1. The lowest BCUT2D eigenvalue weighted by Crippen LogP contribution is -2.31. The summed E-state index contributed by atoms with van der Waals surface area (Å²) in [5.41, 5.74) is 3.35. The van der Waals surface area contributed by atoms with Gasteiger partial charge in [0.2, 0.25) is 0 Å². The molecule has 25 heavy (non-hydrogen) atoms. The number of carbonyl (C=O) groups is 1. The summed E-state index contributed by atoms with van der Waals surface area (Å²) in [6.07, 6.45) is 3.35. The second kappa shape index (κ2) is 7.31. The molecule has 3 rings (SSSR count). The summed E-state index contributed by atoms with van der Waals surface area (Å²) in [6, 6.07) is 8.97. The Morgan fingerprint density at radius 1 is 1.32 bits per heavy atom. The number of aliphatic hydroxyl groups excluding tert-OH is 1. The third kappa shape index (κ3) is 3.77. The van der Waals surface area contributed by atoms with Crippen molar-refractivity contribution in [3.63, 3.8) is 0 Å². The largest absolute Gasteiger partial charge is 0.392 e. The van der Waals surface area contributed by atoms with E-state index in [1.807, 2.05) is 38.1 Å². The zero-order chi connectivity index (χ0) is 17.8. The maximum atomic E-state index is 12.1. The van der Waals surface area contributed by atoms with Crippen LogP contribution in [0.1, 0.15) is 19.4 Å². The van der Waals surface area contributed by atoms with E-state index in [2.05, 4.69) is 20.7 Å². The Balaban J connectivity index is 1.98. The number of hydrogen-bond donors (Lipinski definition) is 3. The molecule has 0 saturated heterocycles. The number of imidazole rings is 1. The molecule has 3 aromatic rings. The normalized spacial score (nSPS) is 11.0. The molecule has 0 bridgehead atoms. The minimum atomic E-state index is -0.286. The number of aromatic nitrogens is 3. The van der Waals surface area contributed by atoms with Crippen LogP contribution in [-0.4, -0.2) is 32.3 Å². The Labute approximate surface area is 145 Å². The molecule has 3 N–H and O–H groups in total. The number of fused-ring (bicyclic) bond motifs is 1. The Kier molecular flexibility index (Phi) is 4.95. The highest BCUT2D eigenvalue weighted by atomic mass is 16.3. The Morgan fingerprint density at radius 3 is 2.88 bits per heavy atom. The zero-order valence-electron chi connectivity index (χ0n) is 14.2. The highest BCUT2D eigenvalue weighted by molar-refractivity contribution is 5.94. The lowest BCUT2D eigenvalue weighted by atomic mass is 10.0. The van der Waals surface area contributed by atoms with Crippen LogP contribution in [0.2, 0.25) is 0 Å². The molecule has 0 radical (unpaired) electrons. The quantitative estimate of drug-likeness (QED) is 0.666. The van der Waals surface area contributed by atoms with Gasteiger partial charge in [-0.25, -0.2) is 14.3 Å². The zero-order valence-corrected chi connectivity index (χ0v) is 14.2. The molecule has 0 unspecified atom stereocenters. The minimum Gasteiger partial charge on any atom is -0.392 e. The first kappa shape index (κ1) is 16.9. The molecule has 0 saturated carbocycles. The monoisotopic (exact) mass is 339 g/mol. The average molecular weight is 339 g/mol. The fraction of sp³-hybridized carbons (Fsp3) is 0.278. The number of carbonyl (C=O) groups excluding carboxylic acids is 1. The van der Waals surface area contributed by atoms with Crippen molar-refractivity contribution < 1.29 is 9.90 Å². The summed E-state index contributed by atoms with van der Waals surface area (Å²) in [6.45, 7) is 4.56. The number of urea groups is 1. The van der Waals surface area contributed by atoms with Gasteiger partial charge in [0.1, 0.15) is 0 Å². The number of nitrogens with one attached hydrogen (secondary N) is 2. The number of nitrogens with zero attached hydrogens (tertiary/aromatic N) is 3. The lowest BCUT2D eigenvalue weighted by molar-refractivity contribution is 0.251. The second-order valence-corrected chi connectivity index (χ2v) is 6.18. The number of hydrogen-bond acceptors (Lipinski definition) is 4. The maximum absolute atomic E-state index is 12.1. The van der Waals surface area contributed by atoms with Crippen molar-refractivity contribution >= 4 is 17.4 Å². The lowest BCUT2D eigenvalue weighted by Gasteiger charge is -2.12. The van der Waals surface area contributed by atoms with Crippen LogP contribution >= 0.6 is 0 Å².